The Morgan fingerprint density at radius 3 is 2.69 bits per heavy atom. The minimum atomic E-state index is 1.28. The molecule has 0 unspecified atom stereocenters. The molecule has 2 aromatic rings. The van der Waals surface area contributed by atoms with Crippen molar-refractivity contribution in [3.63, 3.8) is 0 Å². The molecule has 0 aromatic carbocycles. The zero-order chi connectivity index (χ0) is 11.2. The Balaban J connectivity index is 1.72. The molecule has 0 saturated carbocycles. The smallest absolute Gasteiger partial charge is 0.0482 e. The lowest BCUT2D eigenvalue weighted by Gasteiger charge is -1.99. The molecule has 0 fully saturated rings. The van der Waals surface area contributed by atoms with Crippen molar-refractivity contribution < 1.29 is 0 Å². The van der Waals surface area contributed by atoms with Crippen molar-refractivity contribution in [3.05, 3.63) is 22.4 Å². The second kappa shape index (κ2) is 6.41. The summed E-state index contributed by atoms with van der Waals surface area (Å²) >= 11 is 3.81. The Morgan fingerprint density at radius 1 is 1.00 bits per heavy atom. The number of hydrogen-bond acceptors (Lipinski definition) is 2. The highest BCUT2D eigenvalue weighted by atomic mass is 32.1. The molecule has 0 N–H and O–H groups in total. The molecule has 2 aromatic heterocycles. The van der Waals surface area contributed by atoms with Gasteiger partial charge >= 0.3 is 0 Å². The molecular formula is C14H20S2. The summed E-state index contributed by atoms with van der Waals surface area (Å²) in [7, 11) is 0. The molecule has 88 valence electrons. The van der Waals surface area contributed by atoms with Crippen LogP contribution in [0, 0.1) is 0 Å². The predicted molar refractivity (Wildman–Crippen MR) is 76.8 cm³/mol. The van der Waals surface area contributed by atoms with Crippen LogP contribution in [0.25, 0.3) is 9.40 Å². The maximum atomic E-state index is 2.35. The van der Waals surface area contributed by atoms with E-state index in [1.54, 1.807) is 10.3 Å². The summed E-state index contributed by atoms with van der Waals surface area (Å²) in [5.41, 5.74) is 1.59. The van der Waals surface area contributed by atoms with E-state index in [-0.39, 0.29) is 0 Å². The van der Waals surface area contributed by atoms with Gasteiger partial charge in [0, 0.05) is 9.40 Å². The van der Waals surface area contributed by atoms with Crippen LogP contribution in [-0.2, 0) is 6.42 Å². The summed E-state index contributed by atoms with van der Waals surface area (Å²) in [5.74, 6) is 0. The van der Waals surface area contributed by atoms with Crippen LogP contribution in [0.5, 0.6) is 0 Å². The SMILES string of the molecule is CCCCCCCCc1csc2ccsc12. The van der Waals surface area contributed by atoms with Crippen molar-refractivity contribution in [2.75, 3.05) is 0 Å². The molecular weight excluding hydrogens is 232 g/mol. The van der Waals surface area contributed by atoms with E-state index in [9.17, 15) is 0 Å². The highest BCUT2D eigenvalue weighted by Gasteiger charge is 2.04. The third-order valence-electron chi connectivity index (χ3n) is 3.05. The lowest BCUT2D eigenvalue weighted by atomic mass is 10.1. The van der Waals surface area contributed by atoms with E-state index in [1.165, 1.54) is 49.6 Å². The first kappa shape index (κ1) is 12.1. The predicted octanol–water partition coefficient (Wildman–Crippen LogP) is 5.87. The molecule has 0 radical (unpaired) electrons. The Labute approximate surface area is 106 Å². The number of thiophene rings is 2. The summed E-state index contributed by atoms with van der Waals surface area (Å²) in [6, 6.07) is 2.25. The fraction of sp³-hybridized carbons (Fsp3) is 0.571. The van der Waals surface area contributed by atoms with Crippen molar-refractivity contribution in [2.24, 2.45) is 0 Å². The van der Waals surface area contributed by atoms with Crippen LogP contribution in [0.4, 0.5) is 0 Å². The minimum Gasteiger partial charge on any atom is -0.143 e. The van der Waals surface area contributed by atoms with Crippen LogP contribution in [0.1, 0.15) is 51.0 Å². The Morgan fingerprint density at radius 2 is 1.81 bits per heavy atom. The largest absolute Gasteiger partial charge is 0.143 e. The van der Waals surface area contributed by atoms with E-state index < -0.39 is 0 Å². The van der Waals surface area contributed by atoms with Gasteiger partial charge in [-0.2, -0.15) is 0 Å². The fourth-order valence-electron chi connectivity index (χ4n) is 2.08. The second-order valence-electron chi connectivity index (χ2n) is 4.39. The molecule has 0 aliphatic rings. The Hall–Kier alpha value is -0.340. The van der Waals surface area contributed by atoms with Crippen LogP contribution < -0.4 is 0 Å². The van der Waals surface area contributed by atoms with Gasteiger partial charge in [0.25, 0.3) is 0 Å². The lowest BCUT2D eigenvalue weighted by Crippen LogP contribution is -1.83. The second-order valence-corrected chi connectivity index (χ2v) is 6.22. The van der Waals surface area contributed by atoms with Gasteiger partial charge in [0.1, 0.15) is 0 Å². The van der Waals surface area contributed by atoms with Gasteiger partial charge in [-0.15, -0.1) is 22.7 Å². The molecule has 2 rings (SSSR count). The van der Waals surface area contributed by atoms with Gasteiger partial charge in [0.2, 0.25) is 0 Å². The summed E-state index contributed by atoms with van der Waals surface area (Å²) < 4.78 is 3.02. The normalized spacial score (nSPS) is 11.3. The highest BCUT2D eigenvalue weighted by Crippen LogP contribution is 2.31. The van der Waals surface area contributed by atoms with E-state index in [2.05, 4.69) is 23.8 Å². The summed E-state index contributed by atoms with van der Waals surface area (Å²) in [6.45, 7) is 2.28. The van der Waals surface area contributed by atoms with Crippen LogP contribution in [0.15, 0.2) is 16.8 Å². The topological polar surface area (TPSA) is 0 Å². The average molecular weight is 252 g/mol. The van der Waals surface area contributed by atoms with Crippen LogP contribution in [0.2, 0.25) is 0 Å². The van der Waals surface area contributed by atoms with E-state index >= 15 is 0 Å². The summed E-state index contributed by atoms with van der Waals surface area (Å²) in [4.78, 5) is 0. The monoisotopic (exact) mass is 252 g/mol. The van der Waals surface area contributed by atoms with Gasteiger partial charge in [-0.3, -0.25) is 0 Å². The fourth-order valence-corrected chi connectivity index (χ4v) is 4.26. The van der Waals surface area contributed by atoms with Crippen LogP contribution >= 0.6 is 22.7 Å². The van der Waals surface area contributed by atoms with Crippen molar-refractivity contribution >= 4 is 32.1 Å². The molecule has 0 nitrogen and oxygen atoms in total. The van der Waals surface area contributed by atoms with Crippen molar-refractivity contribution in [1.82, 2.24) is 0 Å². The lowest BCUT2D eigenvalue weighted by molar-refractivity contribution is 0.608. The maximum absolute atomic E-state index is 2.35. The molecule has 0 amide bonds. The third-order valence-corrected chi connectivity index (χ3v) is 5.16. The van der Waals surface area contributed by atoms with Gasteiger partial charge in [0.05, 0.1) is 0 Å². The number of fused-ring (bicyclic) bond motifs is 1. The van der Waals surface area contributed by atoms with E-state index in [0.29, 0.717) is 0 Å². The standard InChI is InChI=1S/C14H20S2/c1-2-3-4-5-6-7-8-12-11-16-13-9-10-15-14(12)13/h9-11H,2-8H2,1H3. The zero-order valence-corrected chi connectivity index (χ0v) is 11.6. The van der Waals surface area contributed by atoms with Crippen LogP contribution in [0.3, 0.4) is 0 Å². The molecule has 16 heavy (non-hydrogen) atoms. The minimum absolute atomic E-state index is 1.28. The van der Waals surface area contributed by atoms with Crippen molar-refractivity contribution in [2.45, 2.75) is 51.9 Å². The molecule has 0 atom stereocenters. The number of rotatable bonds is 7. The van der Waals surface area contributed by atoms with Gasteiger partial charge < -0.3 is 0 Å². The number of unbranched alkanes of at least 4 members (excludes halogenated alkanes) is 5. The number of aryl methyl sites for hydroxylation is 1. The van der Waals surface area contributed by atoms with Gasteiger partial charge in [-0.1, -0.05) is 39.0 Å². The van der Waals surface area contributed by atoms with Gasteiger partial charge in [0.15, 0.2) is 0 Å². The Bertz CT molecular complexity index is 411. The highest BCUT2D eigenvalue weighted by molar-refractivity contribution is 7.26. The third kappa shape index (κ3) is 3.08. The van der Waals surface area contributed by atoms with Gasteiger partial charge in [-0.25, -0.2) is 0 Å². The molecule has 0 saturated heterocycles. The van der Waals surface area contributed by atoms with Crippen molar-refractivity contribution in [3.8, 4) is 0 Å². The molecule has 0 spiro atoms. The first-order valence-electron chi connectivity index (χ1n) is 6.35. The summed E-state index contributed by atoms with van der Waals surface area (Å²) in [5, 5.41) is 4.57. The van der Waals surface area contributed by atoms with Crippen LogP contribution in [-0.4, -0.2) is 0 Å². The van der Waals surface area contributed by atoms with E-state index in [4.69, 9.17) is 0 Å². The average Bonchev–Trinajstić information content (AvgIpc) is 2.87. The first-order valence-corrected chi connectivity index (χ1v) is 8.11. The van der Waals surface area contributed by atoms with Gasteiger partial charge in [-0.05, 0) is 35.2 Å². The quantitative estimate of drug-likeness (QED) is 0.541. The zero-order valence-electron chi connectivity index (χ0n) is 10.00. The molecule has 2 heteroatoms. The molecule has 0 aliphatic heterocycles. The molecule has 0 aliphatic carbocycles. The van der Waals surface area contributed by atoms with E-state index in [1.807, 2.05) is 22.7 Å². The summed E-state index contributed by atoms with van der Waals surface area (Å²) in [6.07, 6.45) is 9.66. The number of hydrogen-bond donors (Lipinski definition) is 0. The Kier molecular flexibility index (Phi) is 4.86. The maximum Gasteiger partial charge on any atom is 0.0482 e. The van der Waals surface area contributed by atoms with E-state index in [0.717, 1.165) is 0 Å². The molecule has 0 bridgehead atoms. The first-order chi connectivity index (χ1) is 7.92. The van der Waals surface area contributed by atoms with Crippen molar-refractivity contribution in [1.29, 1.82) is 0 Å². The molecule has 2 heterocycles.